The number of ether oxygens (including phenoxy) is 1. The lowest BCUT2D eigenvalue weighted by Crippen LogP contribution is -2.81. The second-order valence-corrected chi connectivity index (χ2v) is 10.8. The normalized spacial score (nSPS) is 21.1. The number of amides is 4. The summed E-state index contributed by atoms with van der Waals surface area (Å²) in [4.78, 5) is 52.7. The molecule has 15 nitrogen and oxygen atoms in total. The predicted octanol–water partition coefficient (Wildman–Crippen LogP) is -0.360. The zero-order valence-electron chi connectivity index (χ0n) is 19.9. The number of tetrazole rings is 1. The molecule has 2 aromatic heterocycles. The van der Waals surface area contributed by atoms with E-state index in [1.807, 2.05) is 0 Å². The maximum absolute atomic E-state index is 13.4. The van der Waals surface area contributed by atoms with Gasteiger partial charge in [0, 0.05) is 30.5 Å². The van der Waals surface area contributed by atoms with E-state index in [-0.39, 0.29) is 23.7 Å². The van der Waals surface area contributed by atoms with Crippen molar-refractivity contribution in [3.05, 3.63) is 33.7 Å². The van der Waals surface area contributed by atoms with Crippen LogP contribution in [0.2, 0.25) is 0 Å². The second kappa shape index (κ2) is 11.4. The van der Waals surface area contributed by atoms with Crippen molar-refractivity contribution in [2.45, 2.75) is 22.3 Å². The molecule has 200 valence electrons. The Kier molecular flexibility index (Phi) is 8.20. The van der Waals surface area contributed by atoms with Crippen LogP contribution in [0, 0.1) is 11.3 Å². The summed E-state index contributed by atoms with van der Waals surface area (Å²) in [5, 5.41) is 38.5. The minimum absolute atomic E-state index is 0.188. The number of carboxylic acids is 1. The summed E-state index contributed by atoms with van der Waals surface area (Å²) in [6, 6.07) is 3.14. The number of nitrogens with zero attached hydrogens (tertiary/aromatic N) is 6. The number of β-lactam (4-membered cyclic amide) rings is 1. The number of nitrogens with one attached hydrogen (secondary N) is 3. The van der Waals surface area contributed by atoms with Crippen molar-refractivity contribution in [2.75, 3.05) is 25.2 Å². The lowest BCUT2D eigenvalue weighted by molar-refractivity contribution is -0.192. The number of methoxy groups -OCH3 is 1. The van der Waals surface area contributed by atoms with E-state index in [2.05, 4.69) is 31.5 Å². The molecule has 0 radical (unpaired) electrons. The molecule has 18 heteroatoms. The molecule has 1 fully saturated rings. The average molecular weight is 580 g/mol. The van der Waals surface area contributed by atoms with Crippen LogP contribution in [0.3, 0.4) is 0 Å². The summed E-state index contributed by atoms with van der Waals surface area (Å²) in [5.41, 5.74) is -1.55. The number of thiophene rings is 1. The van der Waals surface area contributed by atoms with Gasteiger partial charge in [-0.1, -0.05) is 17.8 Å². The molecule has 0 aromatic carbocycles. The van der Waals surface area contributed by atoms with Crippen LogP contribution >= 0.6 is 34.9 Å². The van der Waals surface area contributed by atoms with Gasteiger partial charge in [-0.25, -0.2) is 14.3 Å². The zero-order chi connectivity index (χ0) is 27.4. The van der Waals surface area contributed by atoms with Gasteiger partial charge in [0.25, 0.3) is 17.5 Å². The quantitative estimate of drug-likeness (QED) is 0.123. The van der Waals surface area contributed by atoms with Gasteiger partial charge in [0.1, 0.15) is 23.7 Å². The van der Waals surface area contributed by atoms with Crippen LogP contribution in [0.25, 0.3) is 0 Å². The number of rotatable bonds is 10. The fourth-order valence-electron chi connectivity index (χ4n) is 3.83. The predicted molar refractivity (Wildman–Crippen MR) is 134 cm³/mol. The first-order chi connectivity index (χ1) is 18.2. The first-order valence-corrected chi connectivity index (χ1v) is 13.7. The highest BCUT2D eigenvalue weighted by atomic mass is 32.2. The van der Waals surface area contributed by atoms with E-state index in [0.717, 1.165) is 4.90 Å². The van der Waals surface area contributed by atoms with Crippen LogP contribution in [0.5, 0.6) is 0 Å². The molecule has 1 saturated heterocycles. The number of fused-ring (bicyclic) bond motifs is 1. The summed E-state index contributed by atoms with van der Waals surface area (Å²) in [6.07, 6.45) is 0. The molecule has 38 heavy (non-hydrogen) atoms. The lowest BCUT2D eigenvalue weighted by Gasteiger charge is -2.56. The van der Waals surface area contributed by atoms with Crippen molar-refractivity contribution in [3.8, 4) is 6.07 Å². The summed E-state index contributed by atoms with van der Waals surface area (Å²) in [7, 11) is 2.89. The molecule has 4 rings (SSSR count). The summed E-state index contributed by atoms with van der Waals surface area (Å²) in [5.74, 6) is -2.32. The van der Waals surface area contributed by atoms with Crippen LogP contribution in [0.4, 0.5) is 4.79 Å². The van der Waals surface area contributed by atoms with Gasteiger partial charge in [-0.3, -0.25) is 14.5 Å². The van der Waals surface area contributed by atoms with Gasteiger partial charge in [-0.15, -0.1) is 28.2 Å². The van der Waals surface area contributed by atoms with Gasteiger partial charge < -0.3 is 25.8 Å². The summed E-state index contributed by atoms with van der Waals surface area (Å²) >= 11 is 3.67. The Morgan fingerprint density at radius 2 is 2.24 bits per heavy atom. The maximum Gasteiger partial charge on any atom is 0.352 e. The van der Waals surface area contributed by atoms with E-state index >= 15 is 0 Å². The highest BCUT2D eigenvalue weighted by Gasteiger charge is 2.67. The first-order valence-electron chi connectivity index (χ1n) is 10.8. The third-order valence-electron chi connectivity index (χ3n) is 5.59. The van der Waals surface area contributed by atoms with Crippen LogP contribution in [0.1, 0.15) is 10.9 Å². The van der Waals surface area contributed by atoms with Crippen molar-refractivity contribution < 1.29 is 29.0 Å². The van der Waals surface area contributed by atoms with Crippen molar-refractivity contribution in [2.24, 2.45) is 7.05 Å². The number of hydrogen-bond acceptors (Lipinski definition) is 12. The standard InChI is InChI=1S/C20H21N9O6S3/c1-28-19(25-26-27-28)38-9-10-8-37-17-20(35-2,16(33)29(17)13(10)15(31)32)24-14(30)12(11-4-3-7-36-11)23-18(34)22-6-5-21/h3-4,7,12,17H,6,8-9H2,1-2H3,(H,24,30)(H,31,32)(H2,22,23,34)/t12?,17?,20-/m1/s1. The largest absolute Gasteiger partial charge is 0.477 e. The molecule has 0 bridgehead atoms. The average Bonchev–Trinajstić information content (AvgIpc) is 3.58. The Hall–Kier alpha value is -3.66. The van der Waals surface area contributed by atoms with Crippen molar-refractivity contribution in [3.63, 3.8) is 0 Å². The number of aryl methyl sites for hydroxylation is 1. The molecule has 2 aliphatic rings. The number of aromatic nitrogens is 4. The van der Waals surface area contributed by atoms with E-state index < -0.39 is 41.0 Å². The first kappa shape index (κ1) is 27.4. The highest BCUT2D eigenvalue weighted by molar-refractivity contribution is 8.01. The Morgan fingerprint density at radius 3 is 2.84 bits per heavy atom. The number of carbonyl (C=O) groups is 4. The molecule has 4 heterocycles. The van der Waals surface area contributed by atoms with Crippen LogP contribution in [-0.2, 0) is 26.2 Å². The van der Waals surface area contributed by atoms with Crippen LogP contribution in [-0.4, -0.2) is 90.3 Å². The maximum atomic E-state index is 13.4. The molecule has 4 amide bonds. The number of nitriles is 1. The number of carboxylic acid groups (broad SMARTS) is 1. The SMILES string of the molecule is CO[C@]1(NC(=O)C(NC(=O)NCC#N)c2cccs2)C(=O)N2C(C(=O)O)=C(CSc3nnnn3C)CSC21. The monoisotopic (exact) mass is 579 g/mol. The smallest absolute Gasteiger partial charge is 0.352 e. The van der Waals surface area contributed by atoms with Gasteiger partial charge in [-0.2, -0.15) is 5.26 Å². The topological polar surface area (TPSA) is 204 Å². The van der Waals surface area contributed by atoms with E-state index in [4.69, 9.17) is 10.00 Å². The molecule has 3 atom stereocenters. The number of carbonyl (C=O) groups excluding carboxylic acids is 3. The third kappa shape index (κ3) is 5.05. The molecule has 4 N–H and O–H groups in total. The Labute approximate surface area is 227 Å². The van der Waals surface area contributed by atoms with E-state index in [1.54, 1.807) is 30.6 Å². The van der Waals surface area contributed by atoms with E-state index in [0.29, 0.717) is 15.6 Å². The van der Waals surface area contributed by atoms with Crippen LogP contribution < -0.4 is 16.0 Å². The highest BCUT2D eigenvalue weighted by Crippen LogP contribution is 2.47. The molecule has 2 aliphatic heterocycles. The molecule has 0 aliphatic carbocycles. The number of thioether (sulfide) groups is 2. The van der Waals surface area contributed by atoms with E-state index in [1.165, 1.54) is 46.7 Å². The van der Waals surface area contributed by atoms with Gasteiger partial charge in [0.05, 0.1) is 6.07 Å². The number of urea groups is 1. The fraction of sp³-hybridized carbons (Fsp3) is 0.400. The fourth-order valence-corrected chi connectivity index (χ4v) is 7.03. The number of aliphatic carboxylic acids is 1. The van der Waals surface area contributed by atoms with Gasteiger partial charge in [-0.05, 0) is 27.4 Å². The van der Waals surface area contributed by atoms with Crippen molar-refractivity contribution >= 4 is 58.7 Å². The Morgan fingerprint density at radius 1 is 1.45 bits per heavy atom. The van der Waals surface area contributed by atoms with Crippen molar-refractivity contribution in [1.29, 1.82) is 5.26 Å². The summed E-state index contributed by atoms with van der Waals surface area (Å²) in [6.45, 7) is -0.267. The second-order valence-electron chi connectivity index (χ2n) is 7.83. The molecular weight excluding hydrogens is 558 g/mol. The Bertz CT molecular complexity index is 1320. The molecule has 0 saturated carbocycles. The zero-order valence-corrected chi connectivity index (χ0v) is 22.4. The van der Waals surface area contributed by atoms with Gasteiger partial charge in [0.2, 0.25) is 5.16 Å². The van der Waals surface area contributed by atoms with E-state index in [9.17, 15) is 24.3 Å². The third-order valence-corrected chi connectivity index (χ3v) is 9.00. The minimum Gasteiger partial charge on any atom is -0.477 e. The minimum atomic E-state index is -1.85. The van der Waals surface area contributed by atoms with Crippen LogP contribution in [0.15, 0.2) is 33.9 Å². The molecule has 2 aromatic rings. The molecular formula is C20H21N9O6S3. The molecule has 0 spiro atoms. The number of hydrogen-bond donors (Lipinski definition) is 4. The Balaban J connectivity index is 1.55. The van der Waals surface area contributed by atoms with Gasteiger partial charge in [0.15, 0.2) is 0 Å². The summed E-state index contributed by atoms with van der Waals surface area (Å²) < 4.78 is 6.95. The van der Waals surface area contributed by atoms with Crippen molar-refractivity contribution in [1.82, 2.24) is 41.1 Å². The lowest BCUT2D eigenvalue weighted by atomic mass is 9.97. The van der Waals surface area contributed by atoms with Gasteiger partial charge >= 0.3 is 12.0 Å². The molecule has 2 unspecified atom stereocenters.